The first kappa shape index (κ1) is 30.1. The minimum atomic E-state index is -1.85. The minimum Gasteiger partial charge on any atom is -0.482 e. The van der Waals surface area contributed by atoms with Crippen molar-refractivity contribution in [3.8, 4) is 5.75 Å². The minimum absolute atomic E-state index is 0.0550. The number of hydrogen-bond donors (Lipinski definition) is 2. The van der Waals surface area contributed by atoms with Gasteiger partial charge in [0.2, 0.25) is 5.91 Å². The number of aliphatic hydroxyl groups excluding tert-OH is 1. The maximum absolute atomic E-state index is 14.1. The Morgan fingerprint density at radius 1 is 1.11 bits per heavy atom. The van der Waals surface area contributed by atoms with Gasteiger partial charge in [0.1, 0.15) is 5.75 Å². The predicted molar refractivity (Wildman–Crippen MR) is 169 cm³/mol. The average Bonchev–Trinajstić information content (AvgIpc) is 3.59. The zero-order valence-electron chi connectivity index (χ0n) is 24.4. The van der Waals surface area contributed by atoms with Crippen LogP contribution in [0, 0.1) is 5.92 Å². The van der Waals surface area contributed by atoms with Gasteiger partial charge in [-0.15, -0.1) is 0 Å². The number of carbonyl (C=O) groups is 3. The molecule has 0 aliphatic carbocycles. The Kier molecular flexibility index (Phi) is 8.32. The molecule has 6 rings (SSSR count). The van der Waals surface area contributed by atoms with Crippen LogP contribution in [0.3, 0.4) is 0 Å². The van der Waals surface area contributed by atoms with Crippen molar-refractivity contribution in [3.63, 3.8) is 0 Å². The average molecular weight is 661 g/mol. The van der Waals surface area contributed by atoms with Crippen molar-refractivity contribution in [2.75, 3.05) is 29.6 Å². The molecule has 3 heterocycles. The van der Waals surface area contributed by atoms with Crippen molar-refractivity contribution in [1.29, 1.82) is 0 Å². The zero-order valence-corrected chi connectivity index (χ0v) is 25.9. The Hall–Kier alpha value is -3.99. The molecule has 0 spiro atoms. The van der Waals surface area contributed by atoms with Crippen molar-refractivity contribution in [1.82, 2.24) is 4.90 Å². The molecule has 3 aromatic rings. The number of aliphatic hydroxyl groups is 2. The van der Waals surface area contributed by atoms with Crippen LogP contribution in [0.15, 0.2) is 83.4 Å². The van der Waals surface area contributed by atoms with Crippen molar-refractivity contribution < 1.29 is 29.3 Å². The van der Waals surface area contributed by atoms with Crippen LogP contribution in [0.4, 0.5) is 17.1 Å². The van der Waals surface area contributed by atoms with E-state index in [9.17, 15) is 24.6 Å². The molecule has 3 atom stereocenters. The molecule has 1 saturated heterocycles. The van der Waals surface area contributed by atoms with Gasteiger partial charge in [0.15, 0.2) is 12.2 Å². The number of rotatable bonds is 8. The Balaban J connectivity index is 1.25. The maximum Gasteiger partial charge on any atom is 0.269 e. The van der Waals surface area contributed by atoms with Crippen molar-refractivity contribution >= 4 is 50.7 Å². The van der Waals surface area contributed by atoms with Gasteiger partial charge in [0.05, 0.1) is 30.6 Å². The third kappa shape index (κ3) is 5.31. The van der Waals surface area contributed by atoms with Gasteiger partial charge in [-0.2, -0.15) is 0 Å². The highest BCUT2D eigenvalue weighted by molar-refractivity contribution is 9.10. The van der Waals surface area contributed by atoms with E-state index in [1.807, 2.05) is 60.7 Å². The van der Waals surface area contributed by atoms with E-state index >= 15 is 0 Å². The molecular formula is C34H34BrN3O6. The molecule has 228 valence electrons. The van der Waals surface area contributed by atoms with E-state index in [2.05, 4.69) is 15.9 Å². The van der Waals surface area contributed by atoms with E-state index < -0.39 is 17.4 Å². The number of nitrogens with zero attached hydrogens (tertiary/aromatic N) is 3. The molecule has 0 bridgehead atoms. The normalized spacial score (nSPS) is 21.9. The third-order valence-corrected chi connectivity index (χ3v) is 9.23. The summed E-state index contributed by atoms with van der Waals surface area (Å²) in [6.07, 6.45) is 5.20. The lowest BCUT2D eigenvalue weighted by molar-refractivity contribution is -0.139. The van der Waals surface area contributed by atoms with Crippen molar-refractivity contribution in [2.45, 2.75) is 44.4 Å². The van der Waals surface area contributed by atoms with Crippen LogP contribution in [0.1, 0.15) is 37.3 Å². The fourth-order valence-corrected chi connectivity index (χ4v) is 6.78. The molecule has 44 heavy (non-hydrogen) atoms. The number of anilines is 3. The maximum atomic E-state index is 14.1. The Bertz CT molecular complexity index is 1640. The van der Waals surface area contributed by atoms with Crippen LogP contribution < -0.4 is 14.5 Å². The fourth-order valence-electron chi connectivity index (χ4n) is 6.42. The van der Waals surface area contributed by atoms with Gasteiger partial charge in [-0.3, -0.25) is 19.3 Å². The van der Waals surface area contributed by atoms with Gasteiger partial charge < -0.3 is 24.7 Å². The summed E-state index contributed by atoms with van der Waals surface area (Å²) in [6, 6.07) is 20.0. The van der Waals surface area contributed by atoms with Gasteiger partial charge in [-0.25, -0.2) is 0 Å². The predicted octanol–water partition coefficient (Wildman–Crippen LogP) is 4.81. The second-order valence-corrected chi connectivity index (χ2v) is 12.4. The largest absolute Gasteiger partial charge is 0.482 e. The molecule has 0 aromatic heterocycles. The Labute approximate surface area is 264 Å². The van der Waals surface area contributed by atoms with Crippen LogP contribution in [0.5, 0.6) is 5.75 Å². The number of amides is 3. The van der Waals surface area contributed by atoms with Crippen LogP contribution in [-0.2, 0) is 26.5 Å². The Morgan fingerprint density at radius 2 is 1.93 bits per heavy atom. The topological polar surface area (TPSA) is 111 Å². The molecular weight excluding hydrogens is 626 g/mol. The molecule has 3 aliphatic rings. The van der Waals surface area contributed by atoms with Crippen molar-refractivity contribution in [2.24, 2.45) is 5.92 Å². The van der Waals surface area contributed by atoms with E-state index in [0.717, 1.165) is 22.9 Å². The first-order chi connectivity index (χ1) is 21.2. The fraction of sp³-hybridized carbons (Fsp3) is 0.324. The molecule has 10 heteroatoms. The third-order valence-electron chi connectivity index (χ3n) is 8.73. The number of para-hydroxylation sites is 2. The van der Waals surface area contributed by atoms with E-state index in [1.54, 1.807) is 39.8 Å². The molecule has 1 fully saturated rings. The molecule has 3 aliphatic heterocycles. The van der Waals surface area contributed by atoms with Crippen molar-refractivity contribution in [3.05, 3.63) is 94.5 Å². The summed E-state index contributed by atoms with van der Waals surface area (Å²) in [7, 11) is 0. The number of halogens is 1. The summed E-state index contributed by atoms with van der Waals surface area (Å²) < 4.78 is 6.33. The summed E-state index contributed by atoms with van der Waals surface area (Å²) >= 11 is 3.49. The van der Waals surface area contributed by atoms with Gasteiger partial charge in [-0.05, 0) is 60.9 Å². The van der Waals surface area contributed by atoms with Crippen LogP contribution in [0.2, 0.25) is 0 Å². The highest BCUT2D eigenvalue weighted by Crippen LogP contribution is 2.47. The van der Waals surface area contributed by atoms with Gasteiger partial charge in [0, 0.05) is 34.6 Å². The van der Waals surface area contributed by atoms with E-state index in [1.165, 1.54) is 0 Å². The summed E-state index contributed by atoms with van der Waals surface area (Å²) in [4.78, 5) is 44.7. The SMILES string of the molecule is C[C@@H](/C=C/CC(=O)N1CCC[C@H]1CO)[C@]1(O)C(=O)N(Cc2cccc(N3C(=O)COc4ccccc43)c2)c2ccc(Br)cc21. The van der Waals surface area contributed by atoms with E-state index in [-0.39, 0.29) is 44.0 Å². The molecule has 9 nitrogen and oxygen atoms in total. The molecule has 2 N–H and O–H groups in total. The number of hydrogen-bond acceptors (Lipinski definition) is 6. The van der Waals surface area contributed by atoms with E-state index in [0.29, 0.717) is 34.9 Å². The van der Waals surface area contributed by atoms with Crippen LogP contribution >= 0.6 is 15.9 Å². The highest BCUT2D eigenvalue weighted by atomic mass is 79.9. The van der Waals surface area contributed by atoms with Crippen LogP contribution in [-0.4, -0.2) is 58.6 Å². The molecule has 0 saturated carbocycles. The highest BCUT2D eigenvalue weighted by Gasteiger charge is 2.52. The zero-order chi connectivity index (χ0) is 31.0. The summed E-state index contributed by atoms with van der Waals surface area (Å²) in [5.41, 5.74) is 1.31. The summed E-state index contributed by atoms with van der Waals surface area (Å²) in [6.45, 7) is 2.44. The van der Waals surface area contributed by atoms with Crippen LogP contribution in [0.25, 0.3) is 0 Å². The van der Waals surface area contributed by atoms with Gasteiger partial charge >= 0.3 is 0 Å². The summed E-state index contributed by atoms with van der Waals surface area (Å²) in [5, 5.41) is 21.6. The number of benzene rings is 3. The Morgan fingerprint density at radius 3 is 2.75 bits per heavy atom. The molecule has 3 aromatic carbocycles. The number of ether oxygens (including phenoxy) is 1. The summed E-state index contributed by atoms with van der Waals surface area (Å²) in [5.74, 6) is -0.762. The van der Waals surface area contributed by atoms with Gasteiger partial charge in [0.25, 0.3) is 11.8 Å². The first-order valence-electron chi connectivity index (χ1n) is 14.8. The lowest BCUT2D eigenvalue weighted by atomic mass is 9.83. The quantitative estimate of drug-likeness (QED) is 0.336. The molecule has 3 amide bonds. The second kappa shape index (κ2) is 12.2. The number of fused-ring (bicyclic) bond motifs is 2. The number of likely N-dealkylation sites (tertiary alicyclic amines) is 1. The lowest BCUT2D eigenvalue weighted by Crippen LogP contribution is -2.44. The lowest BCUT2D eigenvalue weighted by Gasteiger charge is -2.30. The molecule has 0 unspecified atom stereocenters. The second-order valence-electron chi connectivity index (χ2n) is 11.5. The van der Waals surface area contributed by atoms with E-state index in [4.69, 9.17) is 4.74 Å². The molecule has 0 radical (unpaired) electrons. The first-order valence-corrected chi connectivity index (χ1v) is 15.6. The standard InChI is InChI=1S/C34H34BrN3O6/c1-22(7-4-13-31(40)36-16-6-10-26(36)20-39)34(43)27-18-24(35)14-15-28(27)37(33(34)42)19-23-8-5-9-25(17-23)38-29-11-2-3-12-30(29)44-21-32(38)41/h2-5,7-9,11-12,14-15,17-18,22,26,39,43H,6,10,13,16,19-21H2,1H3/b7-4+/t22-,26-,34+/m0/s1. The number of carbonyl (C=O) groups excluding carboxylic acids is 3. The smallest absolute Gasteiger partial charge is 0.269 e. The monoisotopic (exact) mass is 659 g/mol. The van der Waals surface area contributed by atoms with Gasteiger partial charge in [-0.1, -0.05) is 59.3 Å².